The van der Waals surface area contributed by atoms with Gasteiger partial charge in [-0.05, 0) is 36.4 Å². The maximum absolute atomic E-state index is 10.7. The zero-order valence-corrected chi connectivity index (χ0v) is 10.2. The molecule has 0 atom stereocenters. The molecule has 0 heterocycles. The fourth-order valence-electron chi connectivity index (χ4n) is 1.51. The van der Waals surface area contributed by atoms with Crippen molar-refractivity contribution in [1.82, 2.24) is 0 Å². The summed E-state index contributed by atoms with van der Waals surface area (Å²) < 4.78 is 0. The number of rotatable bonds is 2. The summed E-state index contributed by atoms with van der Waals surface area (Å²) in [6.45, 7) is 0. The van der Waals surface area contributed by atoms with Crippen molar-refractivity contribution in [2.24, 2.45) is 0 Å². The second-order valence-corrected chi connectivity index (χ2v) is 3.94. The quantitative estimate of drug-likeness (QED) is 0.515. The third-order valence-corrected chi connectivity index (χ3v) is 2.56. The summed E-state index contributed by atoms with van der Waals surface area (Å²) in [5, 5.41) is 19.3. The number of carbonyl (C=O) groups is 1. The van der Waals surface area contributed by atoms with Gasteiger partial charge in [-0.1, -0.05) is 11.8 Å². The molecule has 0 saturated carbocycles. The van der Waals surface area contributed by atoms with Crippen LogP contribution >= 0.6 is 0 Å². The first-order valence-corrected chi connectivity index (χ1v) is 5.66. The molecule has 20 heavy (non-hydrogen) atoms. The summed E-state index contributed by atoms with van der Waals surface area (Å²) in [7, 11) is 0. The number of non-ortho nitro benzene ring substituents is 1. The Balaban J connectivity index is 2.17. The number of hydrogen-bond donors (Lipinski definition) is 1. The Hall–Kier alpha value is -3.13. The van der Waals surface area contributed by atoms with Crippen molar-refractivity contribution in [1.29, 1.82) is 0 Å². The molecule has 2 aromatic carbocycles. The minimum atomic E-state index is -0.986. The fraction of sp³-hybridized carbons (Fsp3) is 0. The van der Waals surface area contributed by atoms with E-state index in [1.54, 1.807) is 24.3 Å². The summed E-state index contributed by atoms with van der Waals surface area (Å²) in [4.78, 5) is 20.7. The highest BCUT2D eigenvalue weighted by Crippen LogP contribution is 2.11. The number of nitrogens with zero attached hydrogens (tertiary/aromatic N) is 1. The summed E-state index contributed by atoms with van der Waals surface area (Å²) >= 11 is 0. The Morgan fingerprint density at radius 2 is 1.40 bits per heavy atom. The lowest BCUT2D eigenvalue weighted by atomic mass is 10.1. The van der Waals surface area contributed by atoms with E-state index in [4.69, 9.17) is 5.11 Å². The fourth-order valence-corrected chi connectivity index (χ4v) is 1.51. The number of nitro groups is 1. The Morgan fingerprint density at radius 3 is 1.80 bits per heavy atom. The molecule has 5 heteroatoms. The van der Waals surface area contributed by atoms with Crippen molar-refractivity contribution in [3.05, 3.63) is 75.3 Å². The van der Waals surface area contributed by atoms with Crippen molar-refractivity contribution in [3.63, 3.8) is 0 Å². The van der Waals surface area contributed by atoms with E-state index >= 15 is 0 Å². The van der Waals surface area contributed by atoms with Gasteiger partial charge < -0.3 is 5.11 Å². The average molecular weight is 267 g/mol. The number of benzene rings is 2. The molecule has 0 fully saturated rings. The maximum Gasteiger partial charge on any atom is 0.335 e. The molecule has 1 N–H and O–H groups in total. The number of carboxylic acid groups (broad SMARTS) is 1. The molecule has 0 unspecified atom stereocenters. The van der Waals surface area contributed by atoms with Gasteiger partial charge in [0.05, 0.1) is 10.5 Å². The lowest BCUT2D eigenvalue weighted by Crippen LogP contribution is -1.94. The molecule has 98 valence electrons. The standard InChI is InChI=1S/C15H9NO4/c17-15(18)13-7-3-11(4-8-13)1-2-12-5-9-14(10-6-12)16(19)20/h3-10H,(H,17,18). The van der Waals surface area contributed by atoms with Gasteiger partial charge in [0.15, 0.2) is 0 Å². The van der Waals surface area contributed by atoms with E-state index in [0.717, 1.165) is 0 Å². The van der Waals surface area contributed by atoms with Gasteiger partial charge in [-0.3, -0.25) is 10.1 Å². The smallest absolute Gasteiger partial charge is 0.335 e. The van der Waals surface area contributed by atoms with Gasteiger partial charge in [0.1, 0.15) is 0 Å². The predicted molar refractivity (Wildman–Crippen MR) is 72.5 cm³/mol. The van der Waals surface area contributed by atoms with Crippen molar-refractivity contribution in [3.8, 4) is 11.8 Å². The van der Waals surface area contributed by atoms with Gasteiger partial charge in [0.25, 0.3) is 5.69 Å². The van der Waals surface area contributed by atoms with Crippen LogP contribution in [0.4, 0.5) is 5.69 Å². The summed E-state index contributed by atoms with van der Waals surface area (Å²) in [5.41, 5.74) is 1.54. The molecule has 2 rings (SSSR count). The minimum absolute atomic E-state index is 0.0151. The van der Waals surface area contributed by atoms with Crippen molar-refractivity contribution in [2.45, 2.75) is 0 Å². The van der Waals surface area contributed by atoms with E-state index in [9.17, 15) is 14.9 Å². The second kappa shape index (κ2) is 5.67. The first-order valence-electron chi connectivity index (χ1n) is 5.66. The van der Waals surface area contributed by atoms with E-state index in [-0.39, 0.29) is 11.3 Å². The largest absolute Gasteiger partial charge is 0.478 e. The highest BCUT2D eigenvalue weighted by molar-refractivity contribution is 5.87. The highest BCUT2D eigenvalue weighted by Gasteiger charge is 2.02. The molecule has 0 spiro atoms. The van der Waals surface area contributed by atoms with Crippen molar-refractivity contribution < 1.29 is 14.8 Å². The molecule has 0 aliphatic rings. The van der Waals surface area contributed by atoms with Gasteiger partial charge >= 0.3 is 5.97 Å². The van der Waals surface area contributed by atoms with Crippen LogP contribution in [0, 0.1) is 22.0 Å². The molecule has 5 nitrogen and oxygen atoms in total. The van der Waals surface area contributed by atoms with Gasteiger partial charge in [0, 0.05) is 23.3 Å². The van der Waals surface area contributed by atoms with Crippen molar-refractivity contribution in [2.75, 3.05) is 0 Å². The summed E-state index contributed by atoms with van der Waals surface area (Å²) in [5.74, 6) is 4.73. The van der Waals surface area contributed by atoms with Crippen molar-refractivity contribution >= 4 is 11.7 Å². The lowest BCUT2D eigenvalue weighted by Gasteiger charge is -1.94. The van der Waals surface area contributed by atoms with Gasteiger partial charge in [-0.25, -0.2) is 4.79 Å². The molecule has 0 amide bonds. The Morgan fingerprint density at radius 1 is 0.950 bits per heavy atom. The molecule has 0 aromatic heterocycles. The van der Waals surface area contributed by atoms with Crippen LogP contribution < -0.4 is 0 Å². The van der Waals surface area contributed by atoms with Gasteiger partial charge in [-0.15, -0.1) is 0 Å². The van der Waals surface area contributed by atoms with Gasteiger partial charge in [0.2, 0.25) is 0 Å². The van der Waals surface area contributed by atoms with Crippen LogP contribution in [0.25, 0.3) is 0 Å². The van der Waals surface area contributed by atoms with Crippen LogP contribution in [-0.4, -0.2) is 16.0 Å². The van der Waals surface area contributed by atoms with Crippen LogP contribution in [0.5, 0.6) is 0 Å². The second-order valence-electron chi connectivity index (χ2n) is 3.94. The molecular weight excluding hydrogens is 258 g/mol. The molecule has 0 saturated heterocycles. The van der Waals surface area contributed by atoms with E-state index in [1.165, 1.54) is 24.3 Å². The van der Waals surface area contributed by atoms with Crippen LogP contribution in [0.2, 0.25) is 0 Å². The number of aromatic carboxylic acids is 1. The Kier molecular flexibility index (Phi) is 3.77. The lowest BCUT2D eigenvalue weighted by molar-refractivity contribution is -0.384. The third kappa shape index (κ3) is 3.21. The van der Waals surface area contributed by atoms with E-state index in [1.807, 2.05) is 0 Å². The first kappa shape index (κ1) is 13.3. The zero-order chi connectivity index (χ0) is 14.5. The Bertz CT molecular complexity index is 645. The Labute approximate surface area is 114 Å². The monoisotopic (exact) mass is 267 g/mol. The molecule has 0 aliphatic carbocycles. The number of hydrogen-bond acceptors (Lipinski definition) is 3. The van der Waals surface area contributed by atoms with E-state index < -0.39 is 10.9 Å². The number of nitro benzene ring substituents is 1. The maximum atomic E-state index is 10.7. The van der Waals surface area contributed by atoms with Crippen LogP contribution in [0.1, 0.15) is 21.5 Å². The van der Waals surface area contributed by atoms with E-state index in [2.05, 4.69) is 11.8 Å². The zero-order valence-electron chi connectivity index (χ0n) is 10.2. The molecule has 0 bridgehead atoms. The topological polar surface area (TPSA) is 80.4 Å². The third-order valence-electron chi connectivity index (χ3n) is 2.56. The van der Waals surface area contributed by atoms with Gasteiger partial charge in [-0.2, -0.15) is 0 Å². The minimum Gasteiger partial charge on any atom is -0.478 e. The molecule has 2 aromatic rings. The molecule has 0 aliphatic heterocycles. The summed E-state index contributed by atoms with van der Waals surface area (Å²) in [6.07, 6.45) is 0. The number of carboxylic acids is 1. The van der Waals surface area contributed by atoms with Crippen LogP contribution in [0.3, 0.4) is 0 Å². The molecular formula is C15H9NO4. The average Bonchev–Trinajstić information content (AvgIpc) is 2.46. The first-order chi connectivity index (χ1) is 9.56. The normalized spacial score (nSPS) is 9.40. The van der Waals surface area contributed by atoms with E-state index in [0.29, 0.717) is 11.1 Å². The van der Waals surface area contributed by atoms with Crippen LogP contribution in [-0.2, 0) is 0 Å². The highest BCUT2D eigenvalue weighted by atomic mass is 16.6. The summed E-state index contributed by atoms with van der Waals surface area (Å²) in [6, 6.07) is 12.1. The van der Waals surface area contributed by atoms with Crippen LogP contribution in [0.15, 0.2) is 48.5 Å². The molecule has 0 radical (unpaired) electrons. The predicted octanol–water partition coefficient (Wildman–Crippen LogP) is 2.69. The SMILES string of the molecule is O=C(O)c1ccc(C#Cc2ccc([N+](=O)[O-])cc2)cc1.